The van der Waals surface area contributed by atoms with Crippen molar-refractivity contribution in [3.63, 3.8) is 0 Å². The van der Waals surface area contributed by atoms with Gasteiger partial charge in [0.15, 0.2) is 0 Å². The lowest BCUT2D eigenvalue weighted by Gasteiger charge is -2.37. The molecule has 6 atom stereocenters. The van der Waals surface area contributed by atoms with Gasteiger partial charge in [0.05, 0.1) is 18.1 Å². The first-order valence-electron chi connectivity index (χ1n) is 6.05. The average molecular weight is 226 g/mol. The molecule has 0 amide bonds. The van der Waals surface area contributed by atoms with Crippen LogP contribution in [0.4, 0.5) is 0 Å². The molecule has 0 aromatic carbocycles. The highest BCUT2D eigenvalue weighted by atomic mass is 16.6. The third-order valence-electron chi connectivity index (χ3n) is 5.39. The van der Waals surface area contributed by atoms with E-state index in [4.69, 9.17) is 4.74 Å². The summed E-state index contributed by atoms with van der Waals surface area (Å²) in [6, 6.07) is 0. The number of aliphatic hydroxyl groups excluding tert-OH is 2. The zero-order valence-electron chi connectivity index (χ0n) is 9.64. The number of ether oxygens (including phenoxy) is 1. The van der Waals surface area contributed by atoms with Gasteiger partial charge in [0, 0.05) is 10.8 Å². The fourth-order valence-electron chi connectivity index (χ4n) is 4.21. The van der Waals surface area contributed by atoms with Gasteiger partial charge in [-0.2, -0.15) is 0 Å². The molecule has 1 aliphatic heterocycles. The second kappa shape index (κ2) is 2.79. The maximum Gasteiger partial charge on any atom is 0.312 e. The Morgan fingerprint density at radius 3 is 2.81 bits per heavy atom. The van der Waals surface area contributed by atoms with Crippen LogP contribution in [0, 0.1) is 16.7 Å². The van der Waals surface area contributed by atoms with E-state index in [1.54, 1.807) is 0 Å². The largest absolute Gasteiger partial charge is 0.461 e. The maximum absolute atomic E-state index is 11.7. The van der Waals surface area contributed by atoms with E-state index in [1.165, 1.54) is 0 Å². The van der Waals surface area contributed by atoms with E-state index in [-0.39, 0.29) is 22.9 Å². The molecule has 0 bridgehead atoms. The quantitative estimate of drug-likeness (QED) is 0.637. The van der Waals surface area contributed by atoms with Crippen molar-refractivity contribution in [2.24, 2.45) is 16.7 Å². The Kier molecular flexibility index (Phi) is 1.84. The molecular formula is C12H18O4. The van der Waals surface area contributed by atoms with Crippen molar-refractivity contribution in [3.8, 4) is 0 Å². The van der Waals surface area contributed by atoms with Crippen LogP contribution in [0.2, 0.25) is 0 Å². The SMILES string of the molecule is CC[C@]1(C)[C@H]2OC(=O)[C@@H]3[C@@H](O)[C@@H](O)CC[C@]321. The molecule has 2 aliphatic carbocycles. The summed E-state index contributed by atoms with van der Waals surface area (Å²) in [5.41, 5.74) is -0.190. The van der Waals surface area contributed by atoms with E-state index in [0.717, 1.165) is 12.8 Å². The van der Waals surface area contributed by atoms with Crippen molar-refractivity contribution in [2.75, 3.05) is 0 Å². The topological polar surface area (TPSA) is 66.8 Å². The molecule has 4 heteroatoms. The van der Waals surface area contributed by atoms with Crippen molar-refractivity contribution in [1.82, 2.24) is 0 Å². The van der Waals surface area contributed by atoms with Gasteiger partial charge in [-0.3, -0.25) is 4.79 Å². The van der Waals surface area contributed by atoms with E-state index >= 15 is 0 Å². The molecule has 16 heavy (non-hydrogen) atoms. The zero-order chi connectivity index (χ0) is 11.7. The van der Waals surface area contributed by atoms with Crippen LogP contribution in [0.15, 0.2) is 0 Å². The summed E-state index contributed by atoms with van der Waals surface area (Å²) in [7, 11) is 0. The number of carbonyl (C=O) groups is 1. The first-order valence-corrected chi connectivity index (χ1v) is 6.05. The van der Waals surface area contributed by atoms with Crippen LogP contribution in [0.1, 0.15) is 33.1 Å². The average Bonchev–Trinajstić information content (AvgIpc) is 2.59. The lowest BCUT2D eigenvalue weighted by molar-refractivity contribution is -0.158. The normalized spacial score (nSPS) is 58.9. The van der Waals surface area contributed by atoms with E-state index in [9.17, 15) is 15.0 Å². The molecule has 3 fully saturated rings. The summed E-state index contributed by atoms with van der Waals surface area (Å²) in [6.45, 7) is 4.22. The van der Waals surface area contributed by atoms with Crippen molar-refractivity contribution >= 4 is 5.97 Å². The Morgan fingerprint density at radius 2 is 2.19 bits per heavy atom. The fraction of sp³-hybridized carbons (Fsp3) is 0.917. The lowest BCUT2D eigenvalue weighted by Crippen LogP contribution is -2.47. The Balaban J connectivity index is 2.00. The Bertz CT molecular complexity index is 355. The fourth-order valence-corrected chi connectivity index (χ4v) is 4.21. The molecule has 3 rings (SSSR count). The molecule has 0 unspecified atom stereocenters. The van der Waals surface area contributed by atoms with Gasteiger partial charge in [0.2, 0.25) is 0 Å². The third-order valence-corrected chi connectivity index (χ3v) is 5.39. The standard InChI is InChI=1S/C12H18O4/c1-3-11(2)10-12(11)5-4-6(13)8(14)7(12)9(15)16-10/h6-8,10,13-14H,3-5H2,1-2H3/t6-,7-,8-,10+,11+,12-/m0/s1. The second-order valence-corrected chi connectivity index (χ2v) is 5.70. The number of hydrogen-bond acceptors (Lipinski definition) is 4. The minimum absolute atomic E-state index is 0.00664. The second-order valence-electron chi connectivity index (χ2n) is 5.70. The van der Waals surface area contributed by atoms with Crippen LogP contribution in [0.5, 0.6) is 0 Å². The van der Waals surface area contributed by atoms with Crippen LogP contribution in [0.3, 0.4) is 0 Å². The van der Waals surface area contributed by atoms with Crippen LogP contribution in [0.25, 0.3) is 0 Å². The first kappa shape index (κ1) is 10.5. The lowest BCUT2D eigenvalue weighted by atomic mass is 9.69. The molecule has 0 aromatic rings. The van der Waals surface area contributed by atoms with Crippen molar-refractivity contribution in [2.45, 2.75) is 51.4 Å². The molecule has 1 spiro atoms. The van der Waals surface area contributed by atoms with E-state index < -0.39 is 18.1 Å². The summed E-state index contributed by atoms with van der Waals surface area (Å²) in [5.74, 6) is -0.826. The minimum Gasteiger partial charge on any atom is -0.461 e. The zero-order valence-corrected chi connectivity index (χ0v) is 9.64. The molecule has 2 N–H and O–H groups in total. The predicted molar refractivity (Wildman–Crippen MR) is 55.4 cm³/mol. The molecular weight excluding hydrogens is 208 g/mol. The smallest absolute Gasteiger partial charge is 0.312 e. The summed E-state index contributed by atoms with van der Waals surface area (Å²) in [4.78, 5) is 11.7. The van der Waals surface area contributed by atoms with Gasteiger partial charge in [-0.05, 0) is 19.3 Å². The molecule has 3 aliphatic rings. The van der Waals surface area contributed by atoms with Crippen LogP contribution < -0.4 is 0 Å². The summed E-state index contributed by atoms with van der Waals surface area (Å²) in [6.07, 6.45) is 0.550. The van der Waals surface area contributed by atoms with Crippen LogP contribution in [-0.4, -0.2) is 34.5 Å². The highest BCUT2D eigenvalue weighted by Crippen LogP contribution is 2.78. The predicted octanol–water partition coefficient (Wildman–Crippen LogP) is 0.460. The molecule has 90 valence electrons. The Labute approximate surface area is 94.6 Å². The minimum atomic E-state index is -0.945. The Morgan fingerprint density at radius 1 is 1.50 bits per heavy atom. The maximum atomic E-state index is 11.7. The highest BCUT2D eigenvalue weighted by molar-refractivity contribution is 5.80. The third kappa shape index (κ3) is 0.843. The van der Waals surface area contributed by atoms with Crippen molar-refractivity contribution in [1.29, 1.82) is 0 Å². The van der Waals surface area contributed by atoms with Crippen LogP contribution >= 0.6 is 0 Å². The summed E-state index contributed by atoms with van der Waals surface area (Å²) >= 11 is 0. The number of aliphatic hydroxyl groups is 2. The molecule has 1 heterocycles. The van der Waals surface area contributed by atoms with Crippen LogP contribution in [-0.2, 0) is 9.53 Å². The highest BCUT2D eigenvalue weighted by Gasteiger charge is 2.85. The number of hydrogen-bond donors (Lipinski definition) is 2. The molecule has 2 saturated carbocycles. The van der Waals surface area contributed by atoms with E-state index in [1.807, 2.05) is 0 Å². The van der Waals surface area contributed by atoms with Crippen molar-refractivity contribution < 1.29 is 19.7 Å². The number of esters is 1. The van der Waals surface area contributed by atoms with Gasteiger partial charge >= 0.3 is 5.97 Å². The monoisotopic (exact) mass is 226 g/mol. The summed E-state index contributed by atoms with van der Waals surface area (Å²) in [5, 5.41) is 19.6. The van der Waals surface area contributed by atoms with E-state index in [0.29, 0.717) is 6.42 Å². The molecule has 4 nitrogen and oxygen atoms in total. The molecule has 0 radical (unpaired) electrons. The first-order chi connectivity index (χ1) is 7.49. The number of carbonyl (C=O) groups excluding carboxylic acids is 1. The van der Waals surface area contributed by atoms with E-state index in [2.05, 4.69) is 13.8 Å². The van der Waals surface area contributed by atoms with Gasteiger partial charge in [0.25, 0.3) is 0 Å². The summed E-state index contributed by atoms with van der Waals surface area (Å²) < 4.78 is 5.39. The van der Waals surface area contributed by atoms with Gasteiger partial charge < -0.3 is 14.9 Å². The van der Waals surface area contributed by atoms with Crippen molar-refractivity contribution in [3.05, 3.63) is 0 Å². The molecule has 0 aromatic heterocycles. The van der Waals surface area contributed by atoms with Gasteiger partial charge in [-0.15, -0.1) is 0 Å². The van der Waals surface area contributed by atoms with Gasteiger partial charge in [-0.25, -0.2) is 0 Å². The molecule has 1 saturated heterocycles. The van der Waals surface area contributed by atoms with Gasteiger partial charge in [0.1, 0.15) is 6.10 Å². The van der Waals surface area contributed by atoms with Gasteiger partial charge in [-0.1, -0.05) is 13.8 Å². The number of rotatable bonds is 1. The Hall–Kier alpha value is -0.610.